The third-order valence-corrected chi connectivity index (χ3v) is 2.30. The first-order valence-electron chi connectivity index (χ1n) is 4.30. The van der Waals surface area contributed by atoms with Crippen LogP contribution in [0.1, 0.15) is 5.56 Å². The van der Waals surface area contributed by atoms with Crippen molar-refractivity contribution in [3.8, 4) is 0 Å². The largest absolute Gasteiger partial charge is 0.349 e. The quantitative estimate of drug-likeness (QED) is 0.667. The highest BCUT2D eigenvalue weighted by molar-refractivity contribution is 9.10. The van der Waals surface area contributed by atoms with Crippen LogP contribution in [-0.4, -0.2) is 18.7 Å². The summed E-state index contributed by atoms with van der Waals surface area (Å²) in [5.41, 5.74) is 0.496. The molecule has 0 bridgehead atoms. The van der Waals surface area contributed by atoms with Gasteiger partial charge < -0.3 is 5.32 Å². The Labute approximate surface area is 94.8 Å². The molecule has 0 saturated carbocycles. The average molecular weight is 274 g/mol. The molecule has 0 unspecified atom stereocenters. The highest BCUT2D eigenvalue weighted by Gasteiger charge is 2.03. The summed E-state index contributed by atoms with van der Waals surface area (Å²) in [5, 5.41) is 2.34. The van der Waals surface area contributed by atoms with Gasteiger partial charge in [-0.1, -0.05) is 15.9 Å². The van der Waals surface area contributed by atoms with Gasteiger partial charge in [-0.3, -0.25) is 9.59 Å². The van der Waals surface area contributed by atoms with Crippen LogP contribution in [0, 0.1) is 5.82 Å². The van der Waals surface area contributed by atoms with Gasteiger partial charge in [0.05, 0.1) is 0 Å². The number of halogens is 2. The van der Waals surface area contributed by atoms with Gasteiger partial charge in [-0.25, -0.2) is 4.39 Å². The molecule has 80 valence electrons. The Morgan fingerprint density at radius 3 is 2.93 bits per heavy atom. The lowest BCUT2D eigenvalue weighted by Gasteiger charge is -2.04. The van der Waals surface area contributed by atoms with E-state index in [1.54, 1.807) is 12.1 Å². The molecule has 0 spiro atoms. The molecule has 0 aromatic heterocycles. The van der Waals surface area contributed by atoms with Crippen molar-refractivity contribution in [3.63, 3.8) is 0 Å². The molecule has 0 fully saturated rings. The maximum absolute atomic E-state index is 13.2. The lowest BCUT2D eigenvalue weighted by atomic mass is 10.1. The SMILES string of the molecule is O=CC(=O)NCCc1cc(Br)ccc1F. The van der Waals surface area contributed by atoms with E-state index in [4.69, 9.17) is 0 Å². The number of aldehydes is 1. The fourth-order valence-electron chi connectivity index (χ4n) is 1.10. The molecule has 15 heavy (non-hydrogen) atoms. The smallest absolute Gasteiger partial charge is 0.284 e. The number of hydrogen-bond donors (Lipinski definition) is 1. The fraction of sp³-hybridized carbons (Fsp3) is 0.200. The Hall–Kier alpha value is -1.23. The van der Waals surface area contributed by atoms with Crippen LogP contribution in [0.25, 0.3) is 0 Å². The lowest BCUT2D eigenvalue weighted by molar-refractivity contribution is -0.131. The fourth-order valence-corrected chi connectivity index (χ4v) is 1.51. The Morgan fingerprint density at radius 1 is 1.53 bits per heavy atom. The van der Waals surface area contributed by atoms with Gasteiger partial charge in [-0.05, 0) is 30.2 Å². The van der Waals surface area contributed by atoms with Gasteiger partial charge >= 0.3 is 0 Å². The molecule has 0 saturated heterocycles. The molecular formula is C10H9BrFNO2. The van der Waals surface area contributed by atoms with Gasteiger partial charge in [-0.2, -0.15) is 0 Å². The van der Waals surface area contributed by atoms with Crippen molar-refractivity contribution in [2.24, 2.45) is 0 Å². The van der Waals surface area contributed by atoms with Crippen molar-refractivity contribution >= 4 is 28.1 Å². The summed E-state index contributed by atoms with van der Waals surface area (Å²) in [6.45, 7) is 0.241. The van der Waals surface area contributed by atoms with E-state index in [2.05, 4.69) is 21.2 Å². The van der Waals surface area contributed by atoms with Crippen LogP contribution in [0.15, 0.2) is 22.7 Å². The van der Waals surface area contributed by atoms with Crippen LogP contribution in [0.2, 0.25) is 0 Å². The van der Waals surface area contributed by atoms with Gasteiger partial charge in [-0.15, -0.1) is 0 Å². The van der Waals surface area contributed by atoms with Crippen molar-refractivity contribution < 1.29 is 14.0 Å². The van der Waals surface area contributed by atoms with E-state index >= 15 is 0 Å². The molecule has 0 radical (unpaired) electrons. The van der Waals surface area contributed by atoms with E-state index in [0.717, 1.165) is 4.47 Å². The zero-order valence-electron chi connectivity index (χ0n) is 7.80. The van der Waals surface area contributed by atoms with E-state index in [-0.39, 0.29) is 18.6 Å². The van der Waals surface area contributed by atoms with Crippen LogP contribution >= 0.6 is 15.9 Å². The zero-order valence-corrected chi connectivity index (χ0v) is 9.38. The first-order valence-corrected chi connectivity index (χ1v) is 5.09. The van der Waals surface area contributed by atoms with Crippen molar-refractivity contribution in [2.75, 3.05) is 6.54 Å². The molecule has 5 heteroatoms. The van der Waals surface area contributed by atoms with E-state index in [0.29, 0.717) is 12.0 Å². The summed E-state index contributed by atoms with van der Waals surface area (Å²) >= 11 is 3.22. The van der Waals surface area contributed by atoms with Crippen LogP contribution < -0.4 is 5.32 Å². The van der Waals surface area contributed by atoms with Gasteiger partial charge in [0.15, 0.2) is 0 Å². The average Bonchev–Trinajstić information content (AvgIpc) is 2.23. The molecule has 0 aliphatic heterocycles. The highest BCUT2D eigenvalue weighted by atomic mass is 79.9. The van der Waals surface area contributed by atoms with E-state index < -0.39 is 5.91 Å². The minimum Gasteiger partial charge on any atom is -0.349 e. The molecule has 0 atom stereocenters. The normalized spacial score (nSPS) is 9.73. The monoisotopic (exact) mass is 273 g/mol. The van der Waals surface area contributed by atoms with E-state index in [1.807, 2.05) is 0 Å². The Morgan fingerprint density at radius 2 is 2.27 bits per heavy atom. The van der Waals surface area contributed by atoms with Crippen molar-refractivity contribution in [1.82, 2.24) is 5.32 Å². The maximum atomic E-state index is 13.2. The molecule has 1 rings (SSSR count). The van der Waals surface area contributed by atoms with Crippen molar-refractivity contribution in [2.45, 2.75) is 6.42 Å². The third kappa shape index (κ3) is 3.79. The Balaban J connectivity index is 2.53. The molecule has 0 aliphatic carbocycles. The van der Waals surface area contributed by atoms with Gasteiger partial charge in [0.25, 0.3) is 5.91 Å². The summed E-state index contributed by atoms with van der Waals surface area (Å²) in [6.07, 6.45) is 0.544. The second kappa shape index (κ2) is 5.60. The Bertz CT molecular complexity index is 382. The molecule has 1 aromatic rings. The highest BCUT2D eigenvalue weighted by Crippen LogP contribution is 2.15. The van der Waals surface area contributed by atoms with Gasteiger partial charge in [0, 0.05) is 11.0 Å². The maximum Gasteiger partial charge on any atom is 0.284 e. The van der Waals surface area contributed by atoms with Crippen molar-refractivity contribution in [3.05, 3.63) is 34.1 Å². The molecule has 1 amide bonds. The molecule has 1 N–H and O–H groups in total. The lowest BCUT2D eigenvalue weighted by Crippen LogP contribution is -2.26. The summed E-state index contributed by atoms with van der Waals surface area (Å²) in [4.78, 5) is 20.5. The predicted octanol–water partition coefficient (Wildman–Crippen LogP) is 1.45. The van der Waals surface area contributed by atoms with Crippen LogP contribution in [0.4, 0.5) is 4.39 Å². The topological polar surface area (TPSA) is 46.2 Å². The number of carbonyl (C=O) groups excluding carboxylic acids is 2. The second-order valence-corrected chi connectivity index (χ2v) is 3.81. The standard InChI is InChI=1S/C10H9BrFNO2/c11-8-1-2-9(12)7(5-8)3-4-13-10(15)6-14/h1-2,5-6H,3-4H2,(H,13,15). The minimum absolute atomic E-state index is 0.192. The first-order chi connectivity index (χ1) is 7.13. The minimum atomic E-state index is -0.689. The number of rotatable bonds is 4. The van der Waals surface area contributed by atoms with E-state index in [1.165, 1.54) is 6.07 Å². The van der Waals surface area contributed by atoms with Crippen molar-refractivity contribution in [1.29, 1.82) is 0 Å². The first kappa shape index (κ1) is 11.8. The summed E-state index contributed by atoms with van der Waals surface area (Å²) in [7, 11) is 0. The van der Waals surface area contributed by atoms with Gasteiger partial charge in [0.2, 0.25) is 6.29 Å². The molecule has 0 heterocycles. The summed E-state index contributed by atoms with van der Waals surface area (Å²) in [5.74, 6) is -1.01. The predicted molar refractivity (Wildman–Crippen MR) is 56.9 cm³/mol. The number of carbonyl (C=O) groups is 2. The molecule has 1 aromatic carbocycles. The zero-order chi connectivity index (χ0) is 11.3. The number of benzene rings is 1. The summed E-state index contributed by atoms with van der Waals surface area (Å²) < 4.78 is 14.0. The third-order valence-electron chi connectivity index (χ3n) is 1.81. The van der Waals surface area contributed by atoms with Crippen LogP contribution in [0.3, 0.4) is 0 Å². The second-order valence-electron chi connectivity index (χ2n) is 2.89. The summed E-state index contributed by atoms with van der Waals surface area (Å²) in [6, 6.07) is 4.59. The number of nitrogens with one attached hydrogen (secondary N) is 1. The number of amides is 1. The van der Waals surface area contributed by atoms with Crippen LogP contribution in [0.5, 0.6) is 0 Å². The molecule has 0 aliphatic rings. The molecule has 3 nitrogen and oxygen atoms in total. The Kier molecular flexibility index (Phi) is 4.42. The number of hydrogen-bond acceptors (Lipinski definition) is 2. The van der Waals surface area contributed by atoms with E-state index in [9.17, 15) is 14.0 Å². The van der Waals surface area contributed by atoms with Gasteiger partial charge in [0.1, 0.15) is 5.82 Å². The van der Waals surface area contributed by atoms with Crippen LogP contribution in [-0.2, 0) is 16.0 Å². The molecular weight excluding hydrogens is 265 g/mol.